The molecule has 0 bridgehead atoms. The van der Waals surface area contributed by atoms with Crippen molar-refractivity contribution in [1.29, 1.82) is 0 Å². The first-order valence-electron chi connectivity index (χ1n) is 6.05. The lowest BCUT2D eigenvalue weighted by molar-refractivity contribution is 0.333. The summed E-state index contributed by atoms with van der Waals surface area (Å²) in [6.45, 7) is 1.26. The van der Waals surface area contributed by atoms with Crippen LogP contribution < -0.4 is 14.8 Å². The molecule has 0 fully saturated rings. The van der Waals surface area contributed by atoms with Crippen molar-refractivity contribution in [2.45, 2.75) is 0 Å². The van der Waals surface area contributed by atoms with Crippen LogP contribution >= 0.6 is 11.6 Å². The number of anilines is 1. The number of nitrogens with one attached hydrogen (secondary N) is 1. The fourth-order valence-electron chi connectivity index (χ4n) is 1.63. The second kappa shape index (κ2) is 6.90. The molecule has 0 aliphatic carbocycles. The normalized spacial score (nSPS) is 10.0. The van der Waals surface area contributed by atoms with Crippen molar-refractivity contribution in [3.05, 3.63) is 53.6 Å². The van der Waals surface area contributed by atoms with E-state index in [4.69, 9.17) is 21.1 Å². The Labute approximate surface area is 118 Å². The van der Waals surface area contributed by atoms with Gasteiger partial charge in [-0.3, -0.25) is 0 Å². The van der Waals surface area contributed by atoms with E-state index in [1.165, 1.54) is 0 Å². The van der Waals surface area contributed by atoms with Gasteiger partial charge in [0.05, 0.1) is 12.1 Å². The van der Waals surface area contributed by atoms with Gasteiger partial charge in [-0.1, -0.05) is 23.7 Å². The van der Waals surface area contributed by atoms with Crippen LogP contribution in [0.4, 0.5) is 5.69 Å². The molecule has 0 aliphatic heterocycles. The summed E-state index contributed by atoms with van der Waals surface area (Å²) in [5.74, 6) is 1.55. The van der Waals surface area contributed by atoms with Crippen LogP contribution in [0.5, 0.6) is 11.5 Å². The van der Waals surface area contributed by atoms with Crippen LogP contribution in [0.25, 0.3) is 0 Å². The molecule has 0 aliphatic rings. The van der Waals surface area contributed by atoms with Crippen LogP contribution in [0.15, 0.2) is 48.5 Å². The zero-order valence-corrected chi connectivity index (χ0v) is 11.5. The first-order valence-corrected chi connectivity index (χ1v) is 6.42. The molecule has 0 atom stereocenters. The molecule has 0 spiro atoms. The lowest BCUT2D eigenvalue weighted by Gasteiger charge is -2.10. The Morgan fingerprint density at radius 3 is 2.47 bits per heavy atom. The monoisotopic (exact) mass is 277 g/mol. The van der Waals surface area contributed by atoms with E-state index >= 15 is 0 Å². The highest BCUT2D eigenvalue weighted by atomic mass is 35.5. The third kappa shape index (κ3) is 4.07. The Balaban J connectivity index is 1.76. The van der Waals surface area contributed by atoms with E-state index in [1.54, 1.807) is 7.11 Å². The molecule has 2 aromatic carbocycles. The van der Waals surface area contributed by atoms with Gasteiger partial charge in [-0.25, -0.2) is 0 Å². The minimum absolute atomic E-state index is 0.551. The highest BCUT2D eigenvalue weighted by molar-refractivity contribution is 6.32. The maximum atomic E-state index is 5.99. The molecule has 0 heterocycles. The molecular formula is C15H16ClNO2. The fraction of sp³-hybridized carbons (Fsp3) is 0.200. The van der Waals surface area contributed by atoms with Crippen LogP contribution in [0.1, 0.15) is 0 Å². The van der Waals surface area contributed by atoms with Crippen molar-refractivity contribution in [2.24, 2.45) is 0 Å². The van der Waals surface area contributed by atoms with Gasteiger partial charge < -0.3 is 14.8 Å². The SMILES string of the molecule is COc1ccc(NCCOc2ccccc2Cl)cc1. The smallest absolute Gasteiger partial charge is 0.137 e. The zero-order valence-electron chi connectivity index (χ0n) is 10.7. The van der Waals surface area contributed by atoms with Gasteiger partial charge in [-0.15, -0.1) is 0 Å². The number of halogens is 1. The first-order chi connectivity index (χ1) is 9.29. The predicted molar refractivity (Wildman–Crippen MR) is 78.4 cm³/mol. The van der Waals surface area contributed by atoms with Crippen LogP contribution in [0, 0.1) is 0 Å². The first kappa shape index (κ1) is 13.6. The van der Waals surface area contributed by atoms with Crippen LogP contribution in [0.3, 0.4) is 0 Å². The van der Waals surface area contributed by atoms with E-state index in [1.807, 2.05) is 48.5 Å². The fourth-order valence-corrected chi connectivity index (χ4v) is 1.82. The minimum atomic E-state index is 0.551. The number of hydrogen-bond acceptors (Lipinski definition) is 3. The van der Waals surface area contributed by atoms with E-state index < -0.39 is 0 Å². The molecule has 0 amide bonds. The van der Waals surface area contributed by atoms with Crippen LogP contribution in [0.2, 0.25) is 5.02 Å². The van der Waals surface area contributed by atoms with E-state index in [-0.39, 0.29) is 0 Å². The molecule has 0 saturated carbocycles. The number of methoxy groups -OCH3 is 1. The van der Waals surface area contributed by atoms with Crippen molar-refractivity contribution in [2.75, 3.05) is 25.6 Å². The predicted octanol–water partition coefficient (Wildman–Crippen LogP) is 3.84. The summed E-state index contributed by atoms with van der Waals surface area (Å²) in [4.78, 5) is 0. The molecule has 1 N–H and O–H groups in total. The summed E-state index contributed by atoms with van der Waals surface area (Å²) in [7, 11) is 1.65. The second-order valence-electron chi connectivity index (χ2n) is 3.93. The topological polar surface area (TPSA) is 30.5 Å². The van der Waals surface area contributed by atoms with Crippen molar-refractivity contribution in [3.63, 3.8) is 0 Å². The van der Waals surface area contributed by atoms with Crippen LogP contribution in [-0.2, 0) is 0 Å². The summed E-state index contributed by atoms with van der Waals surface area (Å²) in [6.07, 6.45) is 0. The molecule has 4 heteroatoms. The average Bonchev–Trinajstić information content (AvgIpc) is 2.46. The van der Waals surface area contributed by atoms with Crippen molar-refractivity contribution >= 4 is 17.3 Å². The number of rotatable bonds is 6. The molecule has 0 saturated heterocycles. The summed E-state index contributed by atoms with van der Waals surface area (Å²) < 4.78 is 10.7. The third-order valence-electron chi connectivity index (χ3n) is 2.62. The van der Waals surface area contributed by atoms with Gasteiger partial charge in [0.25, 0.3) is 0 Å². The largest absolute Gasteiger partial charge is 0.497 e. The number of ether oxygens (including phenoxy) is 2. The van der Waals surface area contributed by atoms with E-state index in [2.05, 4.69) is 5.32 Å². The molecule has 0 unspecified atom stereocenters. The van der Waals surface area contributed by atoms with Gasteiger partial charge >= 0.3 is 0 Å². The molecule has 19 heavy (non-hydrogen) atoms. The maximum Gasteiger partial charge on any atom is 0.137 e. The molecular weight excluding hydrogens is 262 g/mol. The number of benzene rings is 2. The third-order valence-corrected chi connectivity index (χ3v) is 2.93. The van der Waals surface area contributed by atoms with Crippen molar-refractivity contribution in [3.8, 4) is 11.5 Å². The van der Waals surface area contributed by atoms with Gasteiger partial charge in [-0.05, 0) is 36.4 Å². The number of hydrogen-bond donors (Lipinski definition) is 1. The lowest BCUT2D eigenvalue weighted by Crippen LogP contribution is -2.11. The van der Waals surface area contributed by atoms with Gasteiger partial charge in [0, 0.05) is 12.2 Å². The maximum absolute atomic E-state index is 5.99. The zero-order chi connectivity index (χ0) is 13.5. The molecule has 3 nitrogen and oxygen atoms in total. The Bertz CT molecular complexity index is 514. The lowest BCUT2D eigenvalue weighted by atomic mass is 10.3. The van der Waals surface area contributed by atoms with Gasteiger partial charge in [0.15, 0.2) is 0 Å². The summed E-state index contributed by atoms with van der Waals surface area (Å²) in [5, 5.41) is 3.89. The summed E-state index contributed by atoms with van der Waals surface area (Å²) >= 11 is 5.99. The highest BCUT2D eigenvalue weighted by Gasteiger charge is 1.99. The molecule has 0 aromatic heterocycles. The van der Waals surface area contributed by atoms with E-state index in [9.17, 15) is 0 Å². The van der Waals surface area contributed by atoms with E-state index in [0.29, 0.717) is 23.9 Å². The standard InChI is InChI=1S/C15H16ClNO2/c1-18-13-8-6-12(7-9-13)17-10-11-19-15-5-3-2-4-14(15)16/h2-9,17H,10-11H2,1H3. The Morgan fingerprint density at radius 2 is 1.79 bits per heavy atom. The number of para-hydroxylation sites is 1. The van der Waals surface area contributed by atoms with Crippen LogP contribution in [-0.4, -0.2) is 20.3 Å². The second-order valence-corrected chi connectivity index (χ2v) is 4.34. The van der Waals surface area contributed by atoms with Gasteiger partial charge in [0.2, 0.25) is 0 Å². The average molecular weight is 278 g/mol. The van der Waals surface area contributed by atoms with Crippen molar-refractivity contribution < 1.29 is 9.47 Å². The highest BCUT2D eigenvalue weighted by Crippen LogP contribution is 2.22. The quantitative estimate of drug-likeness (QED) is 0.814. The Morgan fingerprint density at radius 1 is 1.05 bits per heavy atom. The van der Waals surface area contributed by atoms with Crippen molar-refractivity contribution in [1.82, 2.24) is 0 Å². The van der Waals surface area contributed by atoms with Gasteiger partial charge in [-0.2, -0.15) is 0 Å². The minimum Gasteiger partial charge on any atom is -0.497 e. The summed E-state index contributed by atoms with van der Waals surface area (Å²) in [5.41, 5.74) is 1.03. The molecule has 2 aromatic rings. The van der Waals surface area contributed by atoms with Gasteiger partial charge in [0.1, 0.15) is 18.1 Å². The molecule has 100 valence electrons. The molecule has 0 radical (unpaired) electrons. The Kier molecular flexibility index (Phi) is 4.93. The van der Waals surface area contributed by atoms with E-state index in [0.717, 1.165) is 11.4 Å². The summed E-state index contributed by atoms with van der Waals surface area (Å²) in [6, 6.07) is 15.2. The Hall–Kier alpha value is -1.87. The molecule has 2 rings (SSSR count).